The summed E-state index contributed by atoms with van der Waals surface area (Å²) < 4.78 is 20.4. The van der Waals surface area contributed by atoms with E-state index in [4.69, 9.17) is 5.26 Å². The van der Waals surface area contributed by atoms with Gasteiger partial charge < -0.3 is 0 Å². The molecule has 0 aromatic heterocycles. The summed E-state index contributed by atoms with van der Waals surface area (Å²) in [6, 6.07) is 0. The van der Waals surface area contributed by atoms with Crippen LogP contribution in [0.2, 0.25) is 0 Å². The van der Waals surface area contributed by atoms with Crippen LogP contribution >= 0.6 is 7.82 Å². The summed E-state index contributed by atoms with van der Waals surface area (Å²) in [5.41, 5.74) is 0. The summed E-state index contributed by atoms with van der Waals surface area (Å²) in [5, 5.41) is 11.0. The quantitative estimate of drug-likeness (QED) is 0.392. The van der Waals surface area contributed by atoms with E-state index in [2.05, 4.69) is 19.1 Å². The van der Waals surface area contributed by atoms with Crippen LogP contribution in [-0.4, -0.2) is 5.26 Å². The molecular weight excluding hydrogens is 218 g/mol. The SMILES string of the molecule is O=P1(OO)OOO1.[Zr]. The van der Waals surface area contributed by atoms with E-state index in [9.17, 15) is 4.57 Å². The second kappa shape index (κ2) is 3.18. The minimum absolute atomic E-state index is 0. The molecule has 0 bridgehead atoms. The molecule has 46 valence electrons. The van der Waals surface area contributed by atoms with Gasteiger partial charge in [0.05, 0.1) is 0 Å². The normalized spacial score (nSPS) is 23.1. The maximum atomic E-state index is 10.00. The van der Waals surface area contributed by atoms with Gasteiger partial charge in [0, 0.05) is 26.2 Å². The fourth-order valence-electron chi connectivity index (χ4n) is 0.107. The summed E-state index contributed by atoms with van der Waals surface area (Å²) >= 11 is 0. The molecule has 0 aromatic carbocycles. The Morgan fingerprint density at radius 1 is 1.50 bits per heavy atom. The predicted molar refractivity (Wildman–Crippen MR) is 14.6 cm³/mol. The van der Waals surface area contributed by atoms with Gasteiger partial charge in [-0.05, 0) is 5.04 Å². The Kier molecular flexibility index (Phi) is 3.54. The standard InChI is InChI=1S/HO6P.Zr/c1-3-7(2)5-4-6-7;/h1H;. The van der Waals surface area contributed by atoms with Crippen molar-refractivity contribution >= 4 is 7.82 Å². The molecule has 0 spiro atoms. The maximum absolute atomic E-state index is 10.00. The average Bonchev–Trinajstić information content (AvgIpc) is 1.61. The van der Waals surface area contributed by atoms with Crippen molar-refractivity contribution in [2.75, 3.05) is 0 Å². The van der Waals surface area contributed by atoms with Gasteiger partial charge in [-0.3, -0.25) is 0 Å². The number of hydrogen-bond acceptors (Lipinski definition) is 6. The van der Waals surface area contributed by atoms with Crippen molar-refractivity contribution in [2.45, 2.75) is 0 Å². The second-order valence-electron chi connectivity index (χ2n) is 0.746. The van der Waals surface area contributed by atoms with Crippen molar-refractivity contribution in [2.24, 2.45) is 0 Å². The van der Waals surface area contributed by atoms with E-state index in [0.29, 0.717) is 0 Å². The van der Waals surface area contributed by atoms with Gasteiger partial charge in [-0.2, -0.15) is 0 Å². The minimum atomic E-state index is -3.64. The molecule has 0 saturated carbocycles. The molecule has 1 fully saturated rings. The van der Waals surface area contributed by atoms with Crippen molar-refractivity contribution in [3.8, 4) is 0 Å². The van der Waals surface area contributed by atoms with Gasteiger partial charge in [-0.15, -0.1) is 4.67 Å². The summed E-state index contributed by atoms with van der Waals surface area (Å²) in [6.07, 6.45) is 0. The van der Waals surface area contributed by atoms with Crippen LogP contribution < -0.4 is 0 Å². The molecule has 1 aliphatic heterocycles. The first-order chi connectivity index (χ1) is 3.27. The third-order valence-corrected chi connectivity index (χ3v) is 1.03. The molecule has 1 N–H and O–H groups in total. The van der Waals surface area contributed by atoms with E-state index < -0.39 is 7.82 Å². The Balaban J connectivity index is 0.000000490. The third kappa shape index (κ3) is 1.70. The van der Waals surface area contributed by atoms with Crippen LogP contribution in [0.5, 0.6) is 0 Å². The Labute approximate surface area is 63.2 Å². The molecule has 1 saturated heterocycles. The number of rotatable bonds is 1. The monoisotopic (exact) mass is 218 g/mol. The molecule has 0 unspecified atom stereocenters. The molecule has 8 heavy (non-hydrogen) atoms. The van der Waals surface area contributed by atoms with Gasteiger partial charge >= 0.3 is 7.82 Å². The van der Waals surface area contributed by atoms with Gasteiger partial charge in [0.2, 0.25) is 0 Å². The van der Waals surface area contributed by atoms with Gasteiger partial charge in [0.15, 0.2) is 0 Å². The fourth-order valence-corrected chi connectivity index (χ4v) is 0.322. The summed E-state index contributed by atoms with van der Waals surface area (Å²) in [6.45, 7) is 0. The smallest absolute Gasteiger partial charge is 0.241 e. The predicted octanol–water partition coefficient (Wildman–Crippen LogP) is 0.475. The molecule has 1 heterocycles. The Morgan fingerprint density at radius 2 is 2.00 bits per heavy atom. The second-order valence-corrected chi connectivity index (χ2v) is 2.10. The molecule has 0 atom stereocenters. The van der Waals surface area contributed by atoms with Gasteiger partial charge in [0.1, 0.15) is 0 Å². The van der Waals surface area contributed by atoms with Crippen LogP contribution in [-0.2, 0) is 49.8 Å². The van der Waals surface area contributed by atoms with Crippen LogP contribution in [0.25, 0.3) is 0 Å². The van der Waals surface area contributed by atoms with Crippen molar-refractivity contribution < 1.29 is 55.1 Å². The summed E-state index contributed by atoms with van der Waals surface area (Å²) in [5.74, 6) is 0. The van der Waals surface area contributed by atoms with E-state index in [-0.39, 0.29) is 26.2 Å². The first-order valence-electron chi connectivity index (χ1n) is 1.25. The largest absolute Gasteiger partial charge is 0.561 e. The zero-order valence-corrected chi connectivity index (χ0v) is 6.79. The third-order valence-electron chi connectivity index (χ3n) is 0.343. The van der Waals surface area contributed by atoms with Crippen molar-refractivity contribution in [1.82, 2.24) is 0 Å². The minimum Gasteiger partial charge on any atom is -0.241 e. The Bertz CT molecular complexity index is 92.8. The average molecular weight is 219 g/mol. The molecule has 1 aliphatic rings. The van der Waals surface area contributed by atoms with Gasteiger partial charge in [-0.1, -0.05) is 9.35 Å². The van der Waals surface area contributed by atoms with Gasteiger partial charge in [-0.25, -0.2) is 9.82 Å². The molecule has 0 radical (unpaired) electrons. The zero-order chi connectivity index (χ0) is 5.33. The zero-order valence-electron chi connectivity index (χ0n) is 3.44. The molecule has 0 aromatic rings. The fraction of sp³-hybridized carbons (Fsp3) is 0. The molecule has 0 aliphatic carbocycles. The topological polar surface area (TPSA) is 74.2 Å². The van der Waals surface area contributed by atoms with Crippen LogP contribution in [0.15, 0.2) is 0 Å². The van der Waals surface area contributed by atoms with E-state index in [1.54, 1.807) is 0 Å². The summed E-state index contributed by atoms with van der Waals surface area (Å²) in [7, 11) is -3.64. The van der Waals surface area contributed by atoms with Crippen molar-refractivity contribution in [3.63, 3.8) is 0 Å². The van der Waals surface area contributed by atoms with E-state index in [1.165, 1.54) is 0 Å². The summed E-state index contributed by atoms with van der Waals surface area (Å²) in [4.78, 5) is 0. The van der Waals surface area contributed by atoms with Gasteiger partial charge in [0.25, 0.3) is 0 Å². The van der Waals surface area contributed by atoms with Crippen molar-refractivity contribution in [3.05, 3.63) is 0 Å². The van der Waals surface area contributed by atoms with E-state index in [0.717, 1.165) is 0 Å². The van der Waals surface area contributed by atoms with E-state index >= 15 is 0 Å². The van der Waals surface area contributed by atoms with Crippen LogP contribution in [0.3, 0.4) is 0 Å². The maximum Gasteiger partial charge on any atom is 0.561 e. The number of hydrogen-bond donors (Lipinski definition) is 1. The van der Waals surface area contributed by atoms with Crippen LogP contribution in [0, 0.1) is 0 Å². The van der Waals surface area contributed by atoms with Crippen molar-refractivity contribution in [1.29, 1.82) is 0 Å². The van der Waals surface area contributed by atoms with E-state index in [1.807, 2.05) is 0 Å². The van der Waals surface area contributed by atoms with Crippen LogP contribution in [0.1, 0.15) is 0 Å². The van der Waals surface area contributed by atoms with Crippen LogP contribution in [0.4, 0.5) is 0 Å². The molecule has 6 nitrogen and oxygen atoms in total. The first-order valence-corrected chi connectivity index (χ1v) is 2.71. The molecule has 0 amide bonds. The molecule has 1 rings (SSSR count). The Morgan fingerprint density at radius 3 is 2.00 bits per heavy atom. The molecular formula is HO6PZr. The number of phosphoric acid groups is 1. The first kappa shape index (κ1) is 8.91. The Hall–Kier alpha value is 0.913. The molecule has 8 heteroatoms.